The lowest BCUT2D eigenvalue weighted by atomic mass is 10.3. The summed E-state index contributed by atoms with van der Waals surface area (Å²) in [6, 6.07) is 5.74. The molecule has 0 bridgehead atoms. The first-order valence-electron chi connectivity index (χ1n) is 4.78. The maximum Gasteiger partial charge on any atom is 0.151 e. The summed E-state index contributed by atoms with van der Waals surface area (Å²) in [6.07, 6.45) is 4.40. The number of aromatic nitrogens is 2. The van der Waals surface area contributed by atoms with E-state index in [9.17, 15) is 4.79 Å². The molecule has 2 aromatic rings. The number of pyridine rings is 1. The minimum absolute atomic E-state index is 0.733. The van der Waals surface area contributed by atoms with Crippen molar-refractivity contribution < 1.29 is 4.79 Å². The van der Waals surface area contributed by atoms with Crippen molar-refractivity contribution in [1.29, 1.82) is 0 Å². The molecule has 2 rings (SSSR count). The van der Waals surface area contributed by atoms with Crippen LogP contribution < -0.4 is 0 Å². The van der Waals surface area contributed by atoms with Crippen molar-refractivity contribution in [1.82, 2.24) is 9.55 Å². The van der Waals surface area contributed by atoms with E-state index in [-0.39, 0.29) is 0 Å². The average Bonchev–Trinajstić information content (AvgIpc) is 2.55. The van der Waals surface area contributed by atoms with Gasteiger partial charge in [-0.1, -0.05) is 0 Å². The molecule has 0 saturated carbocycles. The Bertz CT molecular complexity index is 486. The Morgan fingerprint density at radius 3 is 2.73 bits per heavy atom. The Morgan fingerprint density at radius 1 is 1.40 bits per heavy atom. The van der Waals surface area contributed by atoms with E-state index >= 15 is 0 Å². The molecule has 0 unspecified atom stereocenters. The fraction of sp³-hybridized carbons (Fsp3) is 0.167. The van der Waals surface area contributed by atoms with E-state index in [0.717, 1.165) is 28.9 Å². The lowest BCUT2D eigenvalue weighted by Gasteiger charge is -2.08. The predicted octanol–water partition coefficient (Wildman–Crippen LogP) is 2.30. The number of hydrogen-bond donors (Lipinski definition) is 0. The smallest absolute Gasteiger partial charge is 0.151 e. The third kappa shape index (κ3) is 1.56. The van der Waals surface area contributed by atoms with Gasteiger partial charge in [0.15, 0.2) is 6.29 Å². The van der Waals surface area contributed by atoms with Gasteiger partial charge in [0.1, 0.15) is 0 Å². The highest BCUT2D eigenvalue weighted by atomic mass is 16.1. The van der Waals surface area contributed by atoms with Crippen molar-refractivity contribution in [2.75, 3.05) is 0 Å². The van der Waals surface area contributed by atoms with Crippen molar-refractivity contribution in [3.63, 3.8) is 0 Å². The van der Waals surface area contributed by atoms with Crippen LogP contribution in [-0.4, -0.2) is 15.8 Å². The quantitative estimate of drug-likeness (QED) is 0.697. The highest BCUT2D eigenvalue weighted by molar-refractivity contribution is 5.77. The third-order valence-electron chi connectivity index (χ3n) is 2.50. The van der Waals surface area contributed by atoms with E-state index in [4.69, 9.17) is 0 Å². The minimum atomic E-state index is 0.733. The molecule has 76 valence electrons. The zero-order chi connectivity index (χ0) is 10.8. The van der Waals surface area contributed by atoms with Crippen LogP contribution >= 0.6 is 0 Å². The van der Waals surface area contributed by atoms with Crippen molar-refractivity contribution >= 4 is 6.29 Å². The van der Waals surface area contributed by atoms with E-state index in [1.165, 1.54) is 0 Å². The van der Waals surface area contributed by atoms with Gasteiger partial charge in [0.05, 0.1) is 11.9 Å². The molecule has 0 saturated heterocycles. The molecule has 0 fully saturated rings. The van der Waals surface area contributed by atoms with Gasteiger partial charge in [0, 0.05) is 23.1 Å². The van der Waals surface area contributed by atoms with Gasteiger partial charge in [-0.3, -0.25) is 9.78 Å². The zero-order valence-electron chi connectivity index (χ0n) is 8.77. The van der Waals surface area contributed by atoms with Crippen LogP contribution in [0.3, 0.4) is 0 Å². The number of carbonyl (C=O) groups is 1. The fourth-order valence-corrected chi connectivity index (χ4v) is 1.79. The number of aldehydes is 1. The number of aryl methyl sites for hydroxylation is 1. The molecule has 0 aliphatic carbocycles. The molecule has 0 aliphatic rings. The third-order valence-corrected chi connectivity index (χ3v) is 2.50. The van der Waals surface area contributed by atoms with Crippen LogP contribution in [0, 0.1) is 13.8 Å². The lowest BCUT2D eigenvalue weighted by Crippen LogP contribution is -1.99. The molecule has 15 heavy (non-hydrogen) atoms. The van der Waals surface area contributed by atoms with E-state index in [1.807, 2.05) is 36.6 Å². The summed E-state index contributed by atoms with van der Waals surface area (Å²) in [5, 5.41) is 0. The molecule has 2 heterocycles. The maximum atomic E-state index is 10.8. The topological polar surface area (TPSA) is 34.9 Å². The monoisotopic (exact) mass is 200 g/mol. The van der Waals surface area contributed by atoms with Gasteiger partial charge in [-0.05, 0) is 32.0 Å². The summed E-state index contributed by atoms with van der Waals surface area (Å²) in [6.45, 7) is 3.91. The van der Waals surface area contributed by atoms with Crippen LogP contribution in [0.1, 0.15) is 21.7 Å². The summed E-state index contributed by atoms with van der Waals surface area (Å²) in [7, 11) is 0. The van der Waals surface area contributed by atoms with Crippen LogP contribution in [0.15, 0.2) is 30.6 Å². The van der Waals surface area contributed by atoms with Gasteiger partial charge >= 0.3 is 0 Å². The fourth-order valence-electron chi connectivity index (χ4n) is 1.79. The molecule has 0 amide bonds. The molecular weight excluding hydrogens is 188 g/mol. The highest BCUT2D eigenvalue weighted by Crippen LogP contribution is 2.18. The first-order chi connectivity index (χ1) is 7.24. The first-order valence-corrected chi connectivity index (χ1v) is 4.78. The van der Waals surface area contributed by atoms with Gasteiger partial charge in [0.2, 0.25) is 0 Å². The second-order valence-electron chi connectivity index (χ2n) is 3.49. The van der Waals surface area contributed by atoms with E-state index < -0.39 is 0 Å². The van der Waals surface area contributed by atoms with Crippen molar-refractivity contribution in [3.05, 3.63) is 47.5 Å². The van der Waals surface area contributed by atoms with Gasteiger partial charge in [-0.15, -0.1) is 0 Å². The standard InChI is InChI=1S/C12H12N2O/c1-9-6-11(8-15)10(2)14(9)12-4-3-5-13-7-12/h3-8H,1-2H3. The summed E-state index contributed by atoms with van der Waals surface area (Å²) in [5.74, 6) is 0. The Balaban J connectivity index is 2.63. The molecule has 0 aliphatic heterocycles. The van der Waals surface area contributed by atoms with E-state index in [1.54, 1.807) is 12.4 Å². The SMILES string of the molecule is Cc1cc(C=O)c(C)n1-c1cccnc1. The van der Waals surface area contributed by atoms with E-state index in [0.29, 0.717) is 0 Å². The summed E-state index contributed by atoms with van der Waals surface area (Å²) < 4.78 is 2.02. The van der Waals surface area contributed by atoms with Crippen LogP contribution in [0.4, 0.5) is 0 Å². The first kappa shape index (κ1) is 9.65. The molecule has 0 spiro atoms. The molecule has 2 aromatic heterocycles. The predicted molar refractivity (Wildman–Crippen MR) is 58.4 cm³/mol. The van der Waals surface area contributed by atoms with Crippen molar-refractivity contribution in [2.24, 2.45) is 0 Å². The molecule has 3 heteroatoms. The van der Waals surface area contributed by atoms with Crippen LogP contribution in [0.25, 0.3) is 5.69 Å². The number of nitrogens with zero attached hydrogens (tertiary/aromatic N) is 2. The van der Waals surface area contributed by atoms with Gasteiger partial charge < -0.3 is 4.57 Å². The number of rotatable bonds is 2. The Morgan fingerprint density at radius 2 is 2.20 bits per heavy atom. The number of carbonyl (C=O) groups excluding carboxylic acids is 1. The largest absolute Gasteiger partial charge is 0.316 e. The zero-order valence-corrected chi connectivity index (χ0v) is 8.77. The molecule has 0 aromatic carbocycles. The van der Waals surface area contributed by atoms with Crippen LogP contribution in [-0.2, 0) is 0 Å². The normalized spacial score (nSPS) is 10.3. The Kier molecular flexibility index (Phi) is 2.37. The number of hydrogen-bond acceptors (Lipinski definition) is 2. The van der Waals surface area contributed by atoms with Gasteiger partial charge in [-0.2, -0.15) is 0 Å². The molecule has 0 N–H and O–H groups in total. The Labute approximate surface area is 88.4 Å². The summed E-state index contributed by atoms with van der Waals surface area (Å²) in [4.78, 5) is 14.9. The maximum absolute atomic E-state index is 10.8. The molecule has 0 radical (unpaired) electrons. The molecular formula is C12H12N2O. The lowest BCUT2D eigenvalue weighted by molar-refractivity contribution is 0.112. The molecule has 3 nitrogen and oxygen atoms in total. The second-order valence-corrected chi connectivity index (χ2v) is 3.49. The highest BCUT2D eigenvalue weighted by Gasteiger charge is 2.09. The van der Waals surface area contributed by atoms with Gasteiger partial charge in [0.25, 0.3) is 0 Å². The Hall–Kier alpha value is -1.90. The van der Waals surface area contributed by atoms with E-state index in [2.05, 4.69) is 4.98 Å². The van der Waals surface area contributed by atoms with Crippen LogP contribution in [0.5, 0.6) is 0 Å². The summed E-state index contributed by atoms with van der Waals surface area (Å²) >= 11 is 0. The van der Waals surface area contributed by atoms with Crippen molar-refractivity contribution in [2.45, 2.75) is 13.8 Å². The minimum Gasteiger partial charge on any atom is -0.316 e. The average molecular weight is 200 g/mol. The van der Waals surface area contributed by atoms with Crippen LogP contribution in [0.2, 0.25) is 0 Å². The molecule has 0 atom stereocenters. The van der Waals surface area contributed by atoms with Gasteiger partial charge in [-0.25, -0.2) is 0 Å². The summed E-state index contributed by atoms with van der Waals surface area (Å²) in [5.41, 5.74) is 3.72. The van der Waals surface area contributed by atoms with Crippen molar-refractivity contribution in [3.8, 4) is 5.69 Å². The second kappa shape index (κ2) is 3.69.